The van der Waals surface area contributed by atoms with Crippen molar-refractivity contribution in [1.82, 2.24) is 39.0 Å². The summed E-state index contributed by atoms with van der Waals surface area (Å²) in [5.74, 6) is -0.304. The Bertz CT molecular complexity index is 1960. The Morgan fingerprint density at radius 1 is 0.891 bits per heavy atom. The van der Waals surface area contributed by atoms with Crippen LogP contribution in [0.1, 0.15) is 12.5 Å². The molecule has 4 unspecified atom stereocenters. The second kappa shape index (κ2) is 11.3. The maximum atomic E-state index is 15.9. The summed E-state index contributed by atoms with van der Waals surface area (Å²) < 4.78 is 92.1. The van der Waals surface area contributed by atoms with Crippen LogP contribution in [-0.4, -0.2) is 105 Å². The molecule has 0 radical (unpaired) electrons. The van der Waals surface area contributed by atoms with Crippen molar-refractivity contribution in [3.63, 3.8) is 0 Å². The third-order valence-electron chi connectivity index (χ3n) is 7.45. The van der Waals surface area contributed by atoms with E-state index in [2.05, 4.69) is 29.9 Å². The Morgan fingerprint density at radius 2 is 1.52 bits per heavy atom. The van der Waals surface area contributed by atoms with Gasteiger partial charge < -0.3 is 40.0 Å². The van der Waals surface area contributed by atoms with Crippen molar-refractivity contribution in [2.24, 2.45) is 0 Å². The zero-order valence-corrected chi connectivity index (χ0v) is 24.8. The summed E-state index contributed by atoms with van der Waals surface area (Å²) in [5, 5.41) is 0. The first-order valence-corrected chi connectivity index (χ1v) is 16.6. The minimum atomic E-state index is -5.18. The van der Waals surface area contributed by atoms with Gasteiger partial charge in [-0.05, 0) is 0 Å². The zero-order chi connectivity index (χ0) is 32.5. The SMILES string of the molecule is Nc1nc2c(ncn2[C@@H]2O[C@@H]3COP(=O)(O)OC4[C@@H](COP(=O)(O)COC3[C@@H]2F)O[C@@H](n2cnc3c(N)ncnc32)[C@H]4F)c(=O)[nH]1. The van der Waals surface area contributed by atoms with E-state index in [1.165, 1.54) is 0 Å². The lowest BCUT2D eigenvalue weighted by atomic mass is 10.1. The van der Waals surface area contributed by atoms with Crippen LogP contribution in [0.25, 0.3) is 22.3 Å². The number of nitrogen functional groups attached to an aromatic ring is 2. The van der Waals surface area contributed by atoms with Crippen LogP contribution in [0.3, 0.4) is 0 Å². The van der Waals surface area contributed by atoms with Crippen LogP contribution >= 0.6 is 15.4 Å². The Morgan fingerprint density at radius 3 is 2.26 bits per heavy atom. The number of nitrogens with zero attached hydrogens (tertiary/aromatic N) is 7. The molecule has 4 aromatic heterocycles. The predicted octanol–water partition coefficient (Wildman–Crippen LogP) is -0.345. The maximum absolute atomic E-state index is 15.9. The lowest BCUT2D eigenvalue weighted by Crippen LogP contribution is -2.35. The van der Waals surface area contributed by atoms with Gasteiger partial charge in [0.2, 0.25) is 5.95 Å². The van der Waals surface area contributed by atoms with Gasteiger partial charge in [-0.25, -0.2) is 33.3 Å². The number of aromatic nitrogens is 8. The highest BCUT2D eigenvalue weighted by molar-refractivity contribution is 7.52. The monoisotopic (exact) mass is 692 g/mol. The molecule has 4 aromatic rings. The van der Waals surface area contributed by atoms with Gasteiger partial charge in [-0.2, -0.15) is 4.98 Å². The zero-order valence-electron chi connectivity index (χ0n) is 23.0. The summed E-state index contributed by atoms with van der Waals surface area (Å²) in [5.41, 5.74) is 10.5. The smallest absolute Gasteiger partial charge is 0.382 e. The number of imidazole rings is 2. The molecule has 248 valence electrons. The van der Waals surface area contributed by atoms with E-state index in [0.29, 0.717) is 0 Å². The van der Waals surface area contributed by atoms with E-state index in [9.17, 15) is 23.7 Å². The van der Waals surface area contributed by atoms with Gasteiger partial charge in [0.15, 0.2) is 47.4 Å². The number of rotatable bonds is 2. The van der Waals surface area contributed by atoms with Gasteiger partial charge in [0.25, 0.3) is 5.56 Å². The topological polar surface area (TPSA) is 289 Å². The fourth-order valence-electron chi connectivity index (χ4n) is 5.37. The molecule has 0 spiro atoms. The van der Waals surface area contributed by atoms with Gasteiger partial charge in [0.05, 0.1) is 25.9 Å². The quantitative estimate of drug-likeness (QED) is 0.168. The van der Waals surface area contributed by atoms with Crippen molar-refractivity contribution in [3.05, 3.63) is 29.3 Å². The van der Waals surface area contributed by atoms with Crippen molar-refractivity contribution in [2.45, 2.75) is 49.2 Å². The van der Waals surface area contributed by atoms with Crippen molar-refractivity contribution in [3.8, 4) is 0 Å². The molecule has 21 nitrogen and oxygen atoms in total. The van der Waals surface area contributed by atoms with E-state index in [1.54, 1.807) is 0 Å². The normalized spacial score (nSPS) is 37.4. The molecular formula is C21H24F2N10O11P2. The molecule has 0 bridgehead atoms. The van der Waals surface area contributed by atoms with Gasteiger partial charge in [-0.15, -0.1) is 0 Å². The average molecular weight is 692 g/mol. The third-order valence-corrected chi connectivity index (χ3v) is 9.46. The van der Waals surface area contributed by atoms with E-state index in [-0.39, 0.29) is 34.1 Å². The summed E-state index contributed by atoms with van der Waals surface area (Å²) >= 11 is 0. The summed E-state index contributed by atoms with van der Waals surface area (Å²) in [6.07, 6.45) is -12.0. The third kappa shape index (κ3) is 5.47. The van der Waals surface area contributed by atoms with E-state index < -0.39 is 89.8 Å². The summed E-state index contributed by atoms with van der Waals surface area (Å²) in [7, 11) is -9.89. The molecule has 46 heavy (non-hydrogen) atoms. The van der Waals surface area contributed by atoms with Crippen molar-refractivity contribution >= 4 is 49.5 Å². The second-order valence-electron chi connectivity index (χ2n) is 10.4. The molecule has 0 saturated carbocycles. The molecule has 3 saturated heterocycles. The Labute approximate surface area is 253 Å². The van der Waals surface area contributed by atoms with Crippen molar-refractivity contribution < 1.29 is 55.5 Å². The van der Waals surface area contributed by atoms with Gasteiger partial charge in [-0.1, -0.05) is 0 Å². The molecule has 25 heteroatoms. The first kappa shape index (κ1) is 31.1. The van der Waals surface area contributed by atoms with Crippen LogP contribution in [0.2, 0.25) is 0 Å². The number of nitrogens with two attached hydrogens (primary N) is 2. The minimum Gasteiger partial charge on any atom is -0.382 e. The lowest BCUT2D eigenvalue weighted by Gasteiger charge is -2.23. The lowest BCUT2D eigenvalue weighted by molar-refractivity contribution is -0.0580. The number of nitrogens with one attached hydrogen (secondary N) is 1. The number of aromatic amines is 1. The van der Waals surface area contributed by atoms with Crippen LogP contribution in [0.15, 0.2) is 23.8 Å². The highest BCUT2D eigenvalue weighted by atomic mass is 31.2. The largest absolute Gasteiger partial charge is 0.472 e. The minimum absolute atomic E-state index is 0.00533. The van der Waals surface area contributed by atoms with Crippen molar-refractivity contribution in [1.29, 1.82) is 0 Å². The molecule has 3 fully saturated rings. The summed E-state index contributed by atoms with van der Waals surface area (Å²) in [6.45, 7) is -1.72. The fourth-order valence-corrected chi connectivity index (χ4v) is 7.14. The van der Waals surface area contributed by atoms with E-state index in [1.807, 2.05) is 0 Å². The molecule has 3 aliphatic heterocycles. The number of H-pyrrole nitrogens is 1. The molecule has 7 heterocycles. The number of alkyl halides is 2. The standard InChI is InChI=1S/C21H24F2N10O11P2/c22-9-13-7(42-19(9)33-5-29-12-17(33)30-21(25)31-18(12)34)2-41-46(37,38)44-14-8(1-40-45(35,36)6-39-13)43-20(10(14)23)32-4-28-11-15(24)26-3-27-16(11)32/h3-5,7-10,13-14,19-20H,1-2,6H2,(H,35,36)(H,37,38)(H2,24,26,27)(H3,25,30,31,34)/t7-,8-,9+,10+,13?,14?,19-,20-/m1/s1. The van der Waals surface area contributed by atoms with Crippen LogP contribution < -0.4 is 17.0 Å². The first-order valence-electron chi connectivity index (χ1n) is 13.3. The number of phosphoric acid groups is 1. The Balaban J connectivity index is 1.16. The highest BCUT2D eigenvalue weighted by Gasteiger charge is 2.53. The first-order chi connectivity index (χ1) is 21.8. The van der Waals surface area contributed by atoms with Crippen LogP contribution in [0.4, 0.5) is 20.5 Å². The van der Waals surface area contributed by atoms with Crippen molar-refractivity contribution in [2.75, 3.05) is 31.0 Å². The molecule has 0 amide bonds. The maximum Gasteiger partial charge on any atom is 0.472 e. The number of anilines is 2. The predicted molar refractivity (Wildman–Crippen MR) is 146 cm³/mol. The van der Waals surface area contributed by atoms with Crippen LogP contribution in [-0.2, 0) is 36.9 Å². The summed E-state index contributed by atoms with van der Waals surface area (Å²) in [4.78, 5) is 55.2. The van der Waals surface area contributed by atoms with E-state index in [0.717, 1.165) is 28.1 Å². The molecular weight excluding hydrogens is 668 g/mol. The van der Waals surface area contributed by atoms with Crippen LogP contribution in [0.5, 0.6) is 0 Å². The second-order valence-corrected chi connectivity index (χ2v) is 13.6. The van der Waals surface area contributed by atoms with E-state index >= 15 is 8.78 Å². The van der Waals surface area contributed by atoms with Crippen LogP contribution in [0, 0.1) is 0 Å². The average Bonchev–Trinajstić information content (AvgIpc) is 3.75. The molecule has 10 atom stereocenters. The molecule has 0 aliphatic carbocycles. The Kier molecular flexibility index (Phi) is 7.67. The highest BCUT2D eigenvalue weighted by Crippen LogP contribution is 2.52. The van der Waals surface area contributed by atoms with Gasteiger partial charge in [0.1, 0.15) is 42.6 Å². The number of hydrogen-bond acceptors (Lipinski definition) is 16. The number of hydrogen-bond donors (Lipinski definition) is 5. The fraction of sp³-hybridized carbons (Fsp3) is 0.524. The molecule has 0 aromatic carbocycles. The van der Waals surface area contributed by atoms with E-state index in [4.69, 9.17) is 39.2 Å². The van der Waals surface area contributed by atoms with Gasteiger partial charge in [0, 0.05) is 0 Å². The number of ether oxygens (including phenoxy) is 3. The number of halogens is 2. The number of fused-ring (bicyclic) bond motifs is 4. The molecule has 3 aliphatic rings. The summed E-state index contributed by atoms with van der Waals surface area (Å²) in [6, 6.07) is 0. The van der Waals surface area contributed by atoms with Gasteiger partial charge >= 0.3 is 15.4 Å². The molecule has 7 rings (SSSR count). The van der Waals surface area contributed by atoms with Gasteiger partial charge in [-0.3, -0.25) is 32.5 Å². The Hall–Kier alpha value is -3.50. The molecule has 7 N–H and O–H groups in total. The number of phosphoric ester groups is 1.